The van der Waals surface area contributed by atoms with Crippen molar-refractivity contribution in [1.29, 1.82) is 0 Å². The summed E-state index contributed by atoms with van der Waals surface area (Å²) in [5.74, 6) is -2.77. The van der Waals surface area contributed by atoms with Crippen molar-refractivity contribution in [1.82, 2.24) is 0 Å². The molecule has 5 heteroatoms. The molecule has 0 aliphatic carbocycles. The van der Waals surface area contributed by atoms with E-state index in [1.54, 1.807) is 24.3 Å². The molecule has 0 unspecified atom stereocenters. The highest BCUT2D eigenvalue weighted by Crippen LogP contribution is 2.26. The van der Waals surface area contributed by atoms with E-state index in [-0.39, 0.29) is 6.42 Å². The van der Waals surface area contributed by atoms with Gasteiger partial charge in [0, 0.05) is 6.42 Å². The van der Waals surface area contributed by atoms with Crippen molar-refractivity contribution >= 4 is 11.8 Å². The zero-order valence-corrected chi connectivity index (χ0v) is 15.5. The fraction of sp³-hybridized carbons (Fsp3) is 0.130. The second-order valence-corrected chi connectivity index (χ2v) is 6.41. The molecule has 0 aliphatic rings. The van der Waals surface area contributed by atoms with Crippen LogP contribution in [0.1, 0.15) is 31.8 Å². The van der Waals surface area contributed by atoms with E-state index in [0.29, 0.717) is 11.1 Å². The molecule has 0 radical (unpaired) electrons. The van der Waals surface area contributed by atoms with Gasteiger partial charge in [0.15, 0.2) is 5.78 Å². The maximum Gasteiger partial charge on any atom is 0.337 e. The highest BCUT2D eigenvalue weighted by Gasteiger charge is 2.17. The molecule has 3 aromatic carbocycles. The minimum atomic E-state index is -0.864. The Hall–Kier alpha value is -3.34. The molecule has 0 aliphatic heterocycles. The van der Waals surface area contributed by atoms with Crippen LogP contribution in [0.2, 0.25) is 0 Å². The van der Waals surface area contributed by atoms with Crippen molar-refractivity contribution in [2.75, 3.05) is 7.11 Å². The number of aryl methyl sites for hydroxylation is 1. The topological polar surface area (TPSA) is 43.4 Å². The lowest BCUT2D eigenvalue weighted by atomic mass is 9.95. The van der Waals surface area contributed by atoms with Gasteiger partial charge in [-0.3, -0.25) is 4.79 Å². The Morgan fingerprint density at radius 3 is 2.18 bits per heavy atom. The molecule has 0 saturated heterocycles. The first kappa shape index (κ1) is 19.4. The summed E-state index contributed by atoms with van der Waals surface area (Å²) in [6.45, 7) is 1.93. The van der Waals surface area contributed by atoms with E-state index in [1.165, 1.54) is 13.2 Å². The Balaban J connectivity index is 1.85. The molecule has 0 N–H and O–H groups in total. The molecule has 28 heavy (non-hydrogen) atoms. The third kappa shape index (κ3) is 3.98. The summed E-state index contributed by atoms with van der Waals surface area (Å²) in [6.07, 6.45) is -0.112. The van der Waals surface area contributed by atoms with Crippen LogP contribution in [-0.2, 0) is 11.2 Å². The SMILES string of the molecule is COC(=O)c1ccc(C)c(-c2ccc(CC(=O)c3c(F)cccc3F)cc2)c1. The largest absolute Gasteiger partial charge is 0.465 e. The summed E-state index contributed by atoms with van der Waals surface area (Å²) in [6, 6.07) is 15.7. The van der Waals surface area contributed by atoms with Crippen LogP contribution in [-0.4, -0.2) is 18.9 Å². The van der Waals surface area contributed by atoms with E-state index < -0.39 is 29.0 Å². The fourth-order valence-electron chi connectivity index (χ4n) is 3.02. The molecule has 3 nitrogen and oxygen atoms in total. The summed E-state index contributed by atoms with van der Waals surface area (Å²) in [5.41, 5.74) is 3.26. The number of esters is 1. The molecule has 0 bridgehead atoms. The highest BCUT2D eigenvalue weighted by atomic mass is 19.1. The van der Waals surface area contributed by atoms with Gasteiger partial charge in [0.2, 0.25) is 0 Å². The lowest BCUT2D eigenvalue weighted by molar-refractivity contribution is 0.0600. The predicted octanol–water partition coefficient (Wildman–Crippen LogP) is 5.15. The second kappa shape index (κ2) is 8.13. The number of Topliss-reactive ketones (excluding diaryl/α,β-unsaturated/α-hetero) is 1. The van der Waals surface area contributed by atoms with Gasteiger partial charge in [-0.1, -0.05) is 36.4 Å². The van der Waals surface area contributed by atoms with E-state index in [1.807, 2.05) is 25.1 Å². The third-order valence-electron chi connectivity index (χ3n) is 4.53. The Morgan fingerprint density at radius 2 is 1.57 bits per heavy atom. The molecule has 0 amide bonds. The minimum absolute atomic E-state index is 0.112. The smallest absolute Gasteiger partial charge is 0.337 e. The number of carbonyl (C=O) groups excluding carboxylic acids is 2. The Bertz CT molecular complexity index is 1020. The Kier molecular flexibility index (Phi) is 5.64. The lowest BCUT2D eigenvalue weighted by Gasteiger charge is -2.10. The lowest BCUT2D eigenvalue weighted by Crippen LogP contribution is -2.09. The Morgan fingerprint density at radius 1 is 0.929 bits per heavy atom. The van der Waals surface area contributed by atoms with E-state index in [2.05, 4.69) is 0 Å². The van der Waals surface area contributed by atoms with Crippen molar-refractivity contribution in [2.45, 2.75) is 13.3 Å². The summed E-state index contributed by atoms with van der Waals surface area (Å²) in [4.78, 5) is 24.0. The van der Waals surface area contributed by atoms with Gasteiger partial charge in [-0.05, 0) is 53.4 Å². The number of ether oxygens (including phenoxy) is 1. The van der Waals surface area contributed by atoms with Crippen molar-refractivity contribution in [3.8, 4) is 11.1 Å². The molecule has 0 heterocycles. The Labute approximate surface area is 161 Å². The van der Waals surface area contributed by atoms with Crippen molar-refractivity contribution in [3.63, 3.8) is 0 Å². The molecule has 3 rings (SSSR count). The van der Waals surface area contributed by atoms with Gasteiger partial charge < -0.3 is 4.74 Å². The zero-order valence-electron chi connectivity index (χ0n) is 15.5. The highest BCUT2D eigenvalue weighted by molar-refractivity contribution is 5.98. The molecule has 3 aromatic rings. The van der Waals surface area contributed by atoms with E-state index in [0.717, 1.165) is 28.8 Å². The minimum Gasteiger partial charge on any atom is -0.465 e. The van der Waals surface area contributed by atoms with Crippen LogP contribution in [0.25, 0.3) is 11.1 Å². The number of methoxy groups -OCH3 is 1. The van der Waals surface area contributed by atoms with Gasteiger partial charge in [-0.2, -0.15) is 0 Å². The third-order valence-corrected chi connectivity index (χ3v) is 4.53. The number of benzene rings is 3. The van der Waals surface area contributed by atoms with Crippen LogP contribution in [0.4, 0.5) is 8.78 Å². The molecule has 0 atom stereocenters. The number of hydrogen-bond acceptors (Lipinski definition) is 3. The molecular formula is C23H18F2O3. The molecule has 0 spiro atoms. The average Bonchev–Trinajstić information content (AvgIpc) is 2.68. The van der Waals surface area contributed by atoms with Crippen LogP contribution in [0.15, 0.2) is 60.7 Å². The standard InChI is InChI=1S/C23H18F2O3/c1-14-6-9-17(23(27)28-2)13-18(14)16-10-7-15(8-11-16)12-21(26)22-19(24)4-3-5-20(22)25/h3-11,13H,12H2,1-2H3. The first-order chi connectivity index (χ1) is 13.4. The van der Waals surface area contributed by atoms with Gasteiger partial charge >= 0.3 is 5.97 Å². The average molecular weight is 380 g/mol. The van der Waals surface area contributed by atoms with Gasteiger partial charge in [0.05, 0.1) is 18.2 Å². The molecule has 0 fully saturated rings. The molecule has 0 saturated carbocycles. The molecular weight excluding hydrogens is 362 g/mol. The maximum atomic E-state index is 13.8. The van der Waals surface area contributed by atoms with Crippen molar-refractivity contribution in [2.24, 2.45) is 0 Å². The van der Waals surface area contributed by atoms with Gasteiger partial charge in [-0.15, -0.1) is 0 Å². The summed E-state index contributed by atoms with van der Waals surface area (Å²) >= 11 is 0. The van der Waals surface area contributed by atoms with E-state index in [9.17, 15) is 18.4 Å². The van der Waals surface area contributed by atoms with Gasteiger partial charge in [0.1, 0.15) is 11.6 Å². The van der Waals surface area contributed by atoms with E-state index >= 15 is 0 Å². The number of hydrogen-bond donors (Lipinski definition) is 0. The van der Waals surface area contributed by atoms with Gasteiger partial charge in [0.25, 0.3) is 0 Å². The first-order valence-electron chi connectivity index (χ1n) is 8.66. The summed E-state index contributed by atoms with van der Waals surface area (Å²) in [5, 5.41) is 0. The maximum absolute atomic E-state index is 13.8. The predicted molar refractivity (Wildman–Crippen MR) is 102 cm³/mol. The van der Waals surface area contributed by atoms with Crippen LogP contribution in [0.5, 0.6) is 0 Å². The van der Waals surface area contributed by atoms with Crippen LogP contribution in [0, 0.1) is 18.6 Å². The number of ketones is 1. The zero-order chi connectivity index (χ0) is 20.3. The van der Waals surface area contributed by atoms with Crippen LogP contribution < -0.4 is 0 Å². The van der Waals surface area contributed by atoms with Crippen LogP contribution >= 0.6 is 0 Å². The quantitative estimate of drug-likeness (QED) is 0.454. The normalized spacial score (nSPS) is 10.6. The monoisotopic (exact) mass is 380 g/mol. The van der Waals surface area contributed by atoms with E-state index in [4.69, 9.17) is 4.74 Å². The van der Waals surface area contributed by atoms with Gasteiger partial charge in [-0.25, -0.2) is 13.6 Å². The first-order valence-corrected chi connectivity index (χ1v) is 8.66. The number of carbonyl (C=O) groups is 2. The number of halogens is 2. The number of rotatable bonds is 5. The van der Waals surface area contributed by atoms with Crippen molar-refractivity contribution < 1.29 is 23.1 Å². The fourth-order valence-corrected chi connectivity index (χ4v) is 3.02. The molecule has 142 valence electrons. The van der Waals surface area contributed by atoms with Crippen LogP contribution in [0.3, 0.4) is 0 Å². The molecule has 0 aromatic heterocycles. The van der Waals surface area contributed by atoms with Crippen molar-refractivity contribution in [3.05, 3.63) is 94.6 Å². The second-order valence-electron chi connectivity index (χ2n) is 6.41. The summed E-state index contributed by atoms with van der Waals surface area (Å²) < 4.78 is 32.3. The summed E-state index contributed by atoms with van der Waals surface area (Å²) in [7, 11) is 1.33.